The Morgan fingerprint density at radius 1 is 0.972 bits per heavy atom. The molecular formula is C25H21F2N5O3S. The fourth-order valence-electron chi connectivity index (χ4n) is 3.49. The summed E-state index contributed by atoms with van der Waals surface area (Å²) in [6.07, 6.45) is 0.0580. The van der Waals surface area contributed by atoms with E-state index in [2.05, 4.69) is 15.5 Å². The molecular weight excluding hydrogens is 488 g/mol. The molecule has 0 aliphatic carbocycles. The van der Waals surface area contributed by atoms with E-state index in [-0.39, 0.29) is 29.6 Å². The van der Waals surface area contributed by atoms with Gasteiger partial charge in [-0.05, 0) is 54.4 Å². The average molecular weight is 510 g/mol. The first-order chi connectivity index (χ1) is 17.3. The molecule has 8 nitrogen and oxygen atoms in total. The first-order valence-electron chi connectivity index (χ1n) is 10.9. The number of amides is 1. The van der Waals surface area contributed by atoms with E-state index in [9.17, 15) is 23.7 Å². The van der Waals surface area contributed by atoms with Gasteiger partial charge in [0.25, 0.3) is 5.69 Å². The maximum atomic E-state index is 13.2. The molecule has 11 heteroatoms. The number of hydrogen-bond donors (Lipinski definition) is 1. The van der Waals surface area contributed by atoms with Crippen LogP contribution in [-0.4, -0.2) is 25.6 Å². The van der Waals surface area contributed by atoms with Crippen LogP contribution in [-0.2, 0) is 17.0 Å². The van der Waals surface area contributed by atoms with Crippen LogP contribution < -0.4 is 5.32 Å². The molecule has 0 aliphatic rings. The number of benzene rings is 3. The number of thioether (sulfide) groups is 1. The number of carbonyl (C=O) groups is 1. The van der Waals surface area contributed by atoms with Crippen LogP contribution >= 0.6 is 11.8 Å². The second-order valence-corrected chi connectivity index (χ2v) is 8.90. The molecule has 0 radical (unpaired) electrons. The van der Waals surface area contributed by atoms with Crippen LogP contribution in [0.1, 0.15) is 29.9 Å². The molecule has 3 aromatic carbocycles. The molecule has 36 heavy (non-hydrogen) atoms. The van der Waals surface area contributed by atoms with Crippen LogP contribution in [0.5, 0.6) is 0 Å². The Morgan fingerprint density at radius 2 is 1.56 bits per heavy atom. The third-order valence-corrected chi connectivity index (χ3v) is 6.30. The summed E-state index contributed by atoms with van der Waals surface area (Å²) in [4.78, 5) is 23.2. The third-order valence-electron chi connectivity index (χ3n) is 5.30. The van der Waals surface area contributed by atoms with Crippen molar-refractivity contribution in [3.05, 3.63) is 111 Å². The summed E-state index contributed by atoms with van der Waals surface area (Å²) >= 11 is 1.36. The van der Waals surface area contributed by atoms with E-state index in [0.717, 1.165) is 5.56 Å². The van der Waals surface area contributed by atoms with Gasteiger partial charge in [0, 0.05) is 23.6 Å². The first-order valence-corrected chi connectivity index (χ1v) is 11.9. The average Bonchev–Trinajstić information content (AvgIpc) is 3.29. The molecule has 1 heterocycles. The van der Waals surface area contributed by atoms with Crippen LogP contribution in [0.3, 0.4) is 0 Å². The Morgan fingerprint density at radius 3 is 2.14 bits per heavy atom. The Labute approximate surface area is 209 Å². The fourth-order valence-corrected chi connectivity index (χ4v) is 4.41. The zero-order valence-electron chi connectivity index (χ0n) is 19.1. The molecule has 1 atom stereocenters. The quantitative estimate of drug-likeness (QED) is 0.190. The third kappa shape index (κ3) is 6.11. The van der Waals surface area contributed by atoms with E-state index in [4.69, 9.17) is 0 Å². The monoisotopic (exact) mass is 509 g/mol. The molecule has 0 bridgehead atoms. The lowest BCUT2D eigenvalue weighted by Gasteiger charge is -2.16. The molecule has 184 valence electrons. The minimum absolute atomic E-state index is 0.0580. The number of halogens is 2. The van der Waals surface area contributed by atoms with E-state index < -0.39 is 11.0 Å². The van der Waals surface area contributed by atoms with Crippen molar-refractivity contribution in [2.24, 2.45) is 0 Å². The minimum atomic E-state index is -0.555. The van der Waals surface area contributed by atoms with Crippen LogP contribution in [0, 0.1) is 21.7 Å². The van der Waals surface area contributed by atoms with E-state index >= 15 is 0 Å². The summed E-state index contributed by atoms with van der Waals surface area (Å²) in [5.41, 5.74) is 2.06. The van der Waals surface area contributed by atoms with Gasteiger partial charge in [-0.15, -0.1) is 10.2 Å². The number of nitro benzene ring substituents is 1. The van der Waals surface area contributed by atoms with Gasteiger partial charge in [0.1, 0.15) is 11.6 Å². The van der Waals surface area contributed by atoms with Gasteiger partial charge in [0.05, 0.1) is 17.4 Å². The summed E-state index contributed by atoms with van der Waals surface area (Å²) in [6, 6.07) is 17.2. The number of carbonyl (C=O) groups excluding carboxylic acids is 1. The molecule has 0 saturated carbocycles. The lowest BCUT2D eigenvalue weighted by molar-refractivity contribution is -0.384. The van der Waals surface area contributed by atoms with Crippen LogP contribution in [0.15, 0.2) is 78.0 Å². The fraction of sp³-hybridized carbons (Fsp3) is 0.160. The lowest BCUT2D eigenvalue weighted by Crippen LogP contribution is -2.30. The highest BCUT2D eigenvalue weighted by Crippen LogP contribution is 2.28. The van der Waals surface area contributed by atoms with Crippen molar-refractivity contribution in [2.75, 3.05) is 0 Å². The number of nitrogens with zero attached hydrogens (tertiary/aromatic N) is 4. The van der Waals surface area contributed by atoms with Crippen LogP contribution in [0.25, 0.3) is 5.69 Å². The Balaban J connectivity index is 1.58. The smallest absolute Gasteiger partial charge is 0.269 e. The van der Waals surface area contributed by atoms with Crippen molar-refractivity contribution < 1.29 is 18.5 Å². The summed E-state index contributed by atoms with van der Waals surface area (Å²) in [5, 5.41) is 23.0. The van der Waals surface area contributed by atoms with Crippen molar-refractivity contribution >= 4 is 23.4 Å². The molecule has 1 aromatic heterocycles. The number of nitro groups is 1. The Kier molecular flexibility index (Phi) is 7.69. The number of rotatable bonds is 9. The van der Waals surface area contributed by atoms with Crippen molar-refractivity contribution in [1.29, 1.82) is 0 Å². The van der Waals surface area contributed by atoms with Gasteiger partial charge in [-0.25, -0.2) is 8.78 Å². The largest absolute Gasteiger partial charge is 0.346 e. The van der Waals surface area contributed by atoms with Gasteiger partial charge < -0.3 is 5.32 Å². The van der Waals surface area contributed by atoms with E-state index in [0.29, 0.717) is 28.0 Å². The van der Waals surface area contributed by atoms with Gasteiger partial charge in [0.15, 0.2) is 11.0 Å². The highest BCUT2D eigenvalue weighted by atomic mass is 32.2. The van der Waals surface area contributed by atoms with Gasteiger partial charge in [0.2, 0.25) is 5.91 Å². The summed E-state index contributed by atoms with van der Waals surface area (Å²) in [5.74, 6) is -0.0815. The second-order valence-electron chi connectivity index (χ2n) is 7.96. The molecule has 1 unspecified atom stereocenters. The van der Waals surface area contributed by atoms with Gasteiger partial charge in [-0.1, -0.05) is 36.0 Å². The summed E-state index contributed by atoms with van der Waals surface area (Å²) in [6.45, 7) is 1.75. The molecule has 4 rings (SSSR count). The van der Waals surface area contributed by atoms with Gasteiger partial charge in [-0.3, -0.25) is 19.5 Å². The van der Waals surface area contributed by atoms with E-state index in [1.165, 1.54) is 48.2 Å². The van der Waals surface area contributed by atoms with Crippen LogP contribution in [0.2, 0.25) is 0 Å². The summed E-state index contributed by atoms with van der Waals surface area (Å²) < 4.78 is 28.1. The zero-order valence-corrected chi connectivity index (χ0v) is 19.9. The number of nitrogens with one attached hydrogen (secondary N) is 1. The Hall–Kier alpha value is -4.12. The highest BCUT2D eigenvalue weighted by molar-refractivity contribution is 7.98. The standard InChI is InChI=1S/C25H21F2N5O3S/c1-16(28-23(33)14-17-2-6-19(26)7-3-17)24-29-30-25(36-15-18-4-8-20(27)9-5-18)31(24)21-10-12-22(13-11-21)32(34)35/h2-13,16H,14-15H2,1H3,(H,28,33). The van der Waals surface area contributed by atoms with E-state index in [1.807, 2.05) is 0 Å². The SMILES string of the molecule is CC(NC(=O)Cc1ccc(F)cc1)c1nnc(SCc2ccc(F)cc2)n1-c1ccc([N+](=O)[O-])cc1. The maximum Gasteiger partial charge on any atom is 0.269 e. The maximum absolute atomic E-state index is 13.2. The second kappa shape index (κ2) is 11.1. The molecule has 0 saturated heterocycles. The summed E-state index contributed by atoms with van der Waals surface area (Å²) in [7, 11) is 0. The molecule has 0 spiro atoms. The van der Waals surface area contributed by atoms with Gasteiger partial charge >= 0.3 is 0 Å². The minimum Gasteiger partial charge on any atom is -0.346 e. The zero-order chi connectivity index (χ0) is 25.7. The molecule has 1 N–H and O–H groups in total. The topological polar surface area (TPSA) is 103 Å². The number of non-ortho nitro benzene ring substituents is 1. The Bertz CT molecular complexity index is 1360. The van der Waals surface area contributed by atoms with Crippen molar-refractivity contribution in [1.82, 2.24) is 20.1 Å². The highest BCUT2D eigenvalue weighted by Gasteiger charge is 2.22. The van der Waals surface area contributed by atoms with Crippen molar-refractivity contribution in [2.45, 2.75) is 30.3 Å². The lowest BCUT2D eigenvalue weighted by atomic mass is 10.1. The van der Waals surface area contributed by atoms with Gasteiger partial charge in [-0.2, -0.15) is 0 Å². The molecule has 0 aliphatic heterocycles. The van der Waals surface area contributed by atoms with Crippen LogP contribution in [0.4, 0.5) is 14.5 Å². The normalized spacial score (nSPS) is 11.8. The van der Waals surface area contributed by atoms with Crippen molar-refractivity contribution in [3.63, 3.8) is 0 Å². The predicted octanol–water partition coefficient (Wildman–Crippen LogP) is 5.17. The molecule has 4 aromatic rings. The van der Waals surface area contributed by atoms with Crippen molar-refractivity contribution in [3.8, 4) is 5.69 Å². The predicted molar refractivity (Wildman–Crippen MR) is 131 cm³/mol. The number of hydrogen-bond acceptors (Lipinski definition) is 6. The van der Waals surface area contributed by atoms with E-state index in [1.54, 1.807) is 47.9 Å². The molecule has 1 amide bonds. The number of aromatic nitrogens is 3. The molecule has 0 fully saturated rings. The first kappa shape index (κ1) is 25.0.